The zero-order valence-electron chi connectivity index (χ0n) is 17.0. The van der Waals surface area contributed by atoms with Crippen molar-refractivity contribution in [1.82, 2.24) is 10.2 Å². The van der Waals surface area contributed by atoms with Crippen molar-refractivity contribution in [3.05, 3.63) is 29.8 Å². The predicted octanol–water partition coefficient (Wildman–Crippen LogP) is 3.83. The number of esters is 1. The number of nitrogens with zero attached hydrogens (tertiary/aromatic N) is 2. The lowest BCUT2D eigenvalue weighted by atomic mass is 10.1. The van der Waals surface area contributed by atoms with Crippen LogP contribution in [0.3, 0.4) is 0 Å². The molecule has 0 unspecified atom stereocenters. The van der Waals surface area contributed by atoms with E-state index in [4.69, 9.17) is 9.73 Å². The van der Waals surface area contributed by atoms with Crippen LogP contribution in [-0.2, 0) is 16.1 Å². The SMILES string of the molecule is CCNC(=NCCCCCCC(=O)OC)N(C)Cc1ccccc1OC.I. The van der Waals surface area contributed by atoms with Crippen LogP contribution < -0.4 is 10.1 Å². The standard InChI is InChI=1S/C20H33N3O3.HI/c1-5-21-20(22-15-11-7-6-8-14-19(24)26-4)23(2)16-17-12-9-10-13-18(17)25-3;/h9-10,12-13H,5-8,11,14-16H2,1-4H3,(H,21,22);1H. The second-order valence-corrected chi connectivity index (χ2v) is 6.14. The molecule has 0 aromatic heterocycles. The van der Waals surface area contributed by atoms with Crippen LogP contribution in [-0.4, -0.2) is 51.2 Å². The van der Waals surface area contributed by atoms with E-state index in [1.807, 2.05) is 25.2 Å². The minimum absolute atomic E-state index is 0. The van der Waals surface area contributed by atoms with Crippen LogP contribution in [0.1, 0.15) is 44.6 Å². The Hall–Kier alpha value is -1.51. The quantitative estimate of drug-likeness (QED) is 0.168. The number of halogens is 1. The Balaban J connectivity index is 0.00000676. The van der Waals surface area contributed by atoms with Gasteiger partial charge in [-0.3, -0.25) is 9.79 Å². The van der Waals surface area contributed by atoms with E-state index >= 15 is 0 Å². The minimum atomic E-state index is -0.129. The van der Waals surface area contributed by atoms with Gasteiger partial charge in [0.05, 0.1) is 14.2 Å². The molecular formula is C20H34IN3O3. The molecule has 0 atom stereocenters. The average molecular weight is 491 g/mol. The number of aliphatic imine (C=N–C) groups is 1. The number of hydrogen-bond acceptors (Lipinski definition) is 4. The fraction of sp³-hybridized carbons (Fsp3) is 0.600. The Kier molecular flexibility index (Phi) is 14.7. The van der Waals surface area contributed by atoms with Crippen LogP contribution >= 0.6 is 24.0 Å². The molecule has 0 radical (unpaired) electrons. The molecule has 0 saturated carbocycles. The summed E-state index contributed by atoms with van der Waals surface area (Å²) >= 11 is 0. The van der Waals surface area contributed by atoms with Gasteiger partial charge in [-0.05, 0) is 25.8 Å². The Bertz CT molecular complexity index is 567. The Morgan fingerprint density at radius 1 is 1.15 bits per heavy atom. The number of methoxy groups -OCH3 is 2. The number of hydrogen-bond donors (Lipinski definition) is 1. The summed E-state index contributed by atoms with van der Waals surface area (Å²) in [6.07, 6.45) is 4.49. The zero-order chi connectivity index (χ0) is 19.2. The van der Waals surface area contributed by atoms with Gasteiger partial charge in [0, 0.05) is 38.7 Å². The number of carbonyl (C=O) groups is 1. The van der Waals surface area contributed by atoms with Crippen molar-refractivity contribution < 1.29 is 14.3 Å². The highest BCUT2D eigenvalue weighted by Crippen LogP contribution is 2.18. The first-order valence-corrected chi connectivity index (χ1v) is 9.30. The summed E-state index contributed by atoms with van der Waals surface area (Å²) in [5, 5.41) is 3.34. The summed E-state index contributed by atoms with van der Waals surface area (Å²) < 4.78 is 10.1. The number of benzene rings is 1. The van der Waals surface area contributed by atoms with Gasteiger partial charge in [0.25, 0.3) is 0 Å². The van der Waals surface area contributed by atoms with Crippen LogP contribution in [0.25, 0.3) is 0 Å². The maximum Gasteiger partial charge on any atom is 0.305 e. The lowest BCUT2D eigenvalue weighted by Crippen LogP contribution is -2.38. The summed E-state index contributed by atoms with van der Waals surface area (Å²) in [7, 11) is 5.16. The molecule has 0 aliphatic rings. The highest BCUT2D eigenvalue weighted by molar-refractivity contribution is 14.0. The number of para-hydroxylation sites is 1. The molecule has 0 saturated heterocycles. The Labute approximate surface area is 180 Å². The van der Waals surface area contributed by atoms with Gasteiger partial charge in [0.1, 0.15) is 5.75 Å². The molecule has 1 rings (SSSR count). The predicted molar refractivity (Wildman–Crippen MR) is 121 cm³/mol. The lowest BCUT2D eigenvalue weighted by Gasteiger charge is -2.23. The number of carbonyl (C=O) groups excluding carboxylic acids is 1. The molecule has 27 heavy (non-hydrogen) atoms. The molecule has 0 heterocycles. The van der Waals surface area contributed by atoms with Crippen LogP contribution in [0, 0.1) is 0 Å². The van der Waals surface area contributed by atoms with Crippen molar-refractivity contribution in [3.8, 4) is 5.75 Å². The molecule has 7 heteroatoms. The van der Waals surface area contributed by atoms with Gasteiger partial charge in [-0.1, -0.05) is 31.0 Å². The fourth-order valence-electron chi connectivity index (χ4n) is 2.66. The van der Waals surface area contributed by atoms with E-state index in [1.54, 1.807) is 7.11 Å². The number of ether oxygens (including phenoxy) is 2. The van der Waals surface area contributed by atoms with E-state index in [1.165, 1.54) is 7.11 Å². The molecule has 0 bridgehead atoms. The minimum Gasteiger partial charge on any atom is -0.496 e. The molecule has 1 aromatic rings. The summed E-state index contributed by atoms with van der Waals surface area (Å²) in [6, 6.07) is 8.04. The molecule has 6 nitrogen and oxygen atoms in total. The Morgan fingerprint density at radius 3 is 2.52 bits per heavy atom. The summed E-state index contributed by atoms with van der Waals surface area (Å²) in [4.78, 5) is 17.9. The smallest absolute Gasteiger partial charge is 0.305 e. The van der Waals surface area contributed by atoms with E-state index in [-0.39, 0.29) is 29.9 Å². The molecule has 154 valence electrons. The van der Waals surface area contributed by atoms with Crippen molar-refractivity contribution in [2.24, 2.45) is 4.99 Å². The van der Waals surface area contributed by atoms with Gasteiger partial charge < -0.3 is 19.7 Å². The molecule has 1 aromatic carbocycles. The number of rotatable bonds is 11. The highest BCUT2D eigenvalue weighted by Gasteiger charge is 2.09. The lowest BCUT2D eigenvalue weighted by molar-refractivity contribution is -0.140. The van der Waals surface area contributed by atoms with Gasteiger partial charge in [-0.2, -0.15) is 0 Å². The van der Waals surface area contributed by atoms with Crippen LogP contribution in [0.2, 0.25) is 0 Å². The molecule has 0 aliphatic carbocycles. The van der Waals surface area contributed by atoms with Crippen molar-refractivity contribution in [3.63, 3.8) is 0 Å². The van der Waals surface area contributed by atoms with Crippen LogP contribution in [0.15, 0.2) is 29.3 Å². The number of unbranched alkanes of at least 4 members (excludes halogenated alkanes) is 3. The van der Waals surface area contributed by atoms with Crippen LogP contribution in [0.5, 0.6) is 5.75 Å². The molecule has 0 spiro atoms. The van der Waals surface area contributed by atoms with Gasteiger partial charge in [0.15, 0.2) is 5.96 Å². The molecule has 0 aliphatic heterocycles. The van der Waals surface area contributed by atoms with Crippen LogP contribution in [0.4, 0.5) is 0 Å². The van der Waals surface area contributed by atoms with Gasteiger partial charge in [0.2, 0.25) is 0 Å². The van der Waals surface area contributed by atoms with Gasteiger partial charge in [-0.25, -0.2) is 0 Å². The molecule has 0 amide bonds. The third kappa shape index (κ3) is 10.4. The maximum absolute atomic E-state index is 11.1. The summed E-state index contributed by atoms with van der Waals surface area (Å²) in [5.41, 5.74) is 1.13. The second kappa shape index (κ2) is 15.5. The van der Waals surface area contributed by atoms with Crippen molar-refractivity contribution >= 4 is 35.9 Å². The van der Waals surface area contributed by atoms with Crippen molar-refractivity contribution in [2.45, 2.75) is 45.6 Å². The van der Waals surface area contributed by atoms with Gasteiger partial charge in [-0.15, -0.1) is 24.0 Å². The highest BCUT2D eigenvalue weighted by atomic mass is 127. The van der Waals surface area contributed by atoms with E-state index in [2.05, 4.69) is 27.9 Å². The Morgan fingerprint density at radius 2 is 1.85 bits per heavy atom. The molecule has 0 fully saturated rings. The zero-order valence-corrected chi connectivity index (χ0v) is 19.3. The number of nitrogens with one attached hydrogen (secondary N) is 1. The van der Waals surface area contributed by atoms with E-state index in [9.17, 15) is 4.79 Å². The molecular weight excluding hydrogens is 457 g/mol. The maximum atomic E-state index is 11.1. The first-order valence-electron chi connectivity index (χ1n) is 9.30. The fourth-order valence-corrected chi connectivity index (χ4v) is 2.66. The number of guanidine groups is 1. The second-order valence-electron chi connectivity index (χ2n) is 6.14. The third-order valence-corrected chi connectivity index (χ3v) is 4.07. The van der Waals surface area contributed by atoms with Gasteiger partial charge >= 0.3 is 5.97 Å². The first-order chi connectivity index (χ1) is 12.6. The third-order valence-electron chi connectivity index (χ3n) is 4.07. The summed E-state index contributed by atoms with van der Waals surface area (Å²) in [6.45, 7) is 4.40. The average Bonchev–Trinajstić information content (AvgIpc) is 2.66. The van der Waals surface area contributed by atoms with Crippen molar-refractivity contribution in [2.75, 3.05) is 34.4 Å². The monoisotopic (exact) mass is 491 g/mol. The largest absolute Gasteiger partial charge is 0.496 e. The first kappa shape index (κ1) is 25.5. The molecule has 1 N–H and O–H groups in total. The van der Waals surface area contributed by atoms with E-state index in [0.717, 1.165) is 62.6 Å². The topological polar surface area (TPSA) is 63.2 Å². The van der Waals surface area contributed by atoms with Crippen molar-refractivity contribution in [1.29, 1.82) is 0 Å². The summed E-state index contributed by atoms with van der Waals surface area (Å²) in [5.74, 6) is 1.66. The van der Waals surface area contributed by atoms with E-state index < -0.39 is 0 Å². The normalized spacial score (nSPS) is 10.7. The van der Waals surface area contributed by atoms with E-state index in [0.29, 0.717) is 6.42 Å².